The van der Waals surface area contributed by atoms with Gasteiger partial charge < -0.3 is 29.7 Å². The van der Waals surface area contributed by atoms with E-state index in [4.69, 9.17) is 9.47 Å². The lowest BCUT2D eigenvalue weighted by Crippen LogP contribution is -2.61. The number of aliphatic hydroxyl groups is 1. The van der Waals surface area contributed by atoms with E-state index in [1.807, 2.05) is 86.7 Å². The highest BCUT2D eigenvalue weighted by atomic mass is 79.9. The van der Waals surface area contributed by atoms with Crippen molar-refractivity contribution in [3.05, 3.63) is 94.5 Å². The second kappa shape index (κ2) is 14.3. The number of benzene rings is 2. The molecule has 11 heteroatoms. The molecule has 51 heavy (non-hydrogen) atoms. The maximum Gasteiger partial charge on any atom is 0.306 e. The van der Waals surface area contributed by atoms with Crippen LogP contribution in [0.5, 0.6) is 0 Å². The lowest BCUT2D eigenvalue weighted by molar-refractivity contribution is -0.155. The highest BCUT2D eigenvalue weighted by molar-refractivity contribution is 9.11. The molecule has 5 bridgehead atoms. The number of allylic oxidation sites excluding steroid dienone is 1. The van der Waals surface area contributed by atoms with Gasteiger partial charge in [-0.2, -0.15) is 0 Å². The van der Waals surface area contributed by atoms with Crippen molar-refractivity contribution < 1.29 is 33.8 Å². The van der Waals surface area contributed by atoms with Crippen LogP contribution in [0.3, 0.4) is 0 Å². The molecule has 4 aliphatic rings. The number of ether oxygens (including phenoxy) is 2. The van der Waals surface area contributed by atoms with Gasteiger partial charge in [0.25, 0.3) is 0 Å². The summed E-state index contributed by atoms with van der Waals surface area (Å²) in [5, 5.41) is 14.0. The quantitative estimate of drug-likeness (QED) is 0.299. The van der Waals surface area contributed by atoms with Crippen molar-refractivity contribution in [3.8, 4) is 0 Å². The van der Waals surface area contributed by atoms with Gasteiger partial charge in [0.05, 0.1) is 30.5 Å². The summed E-state index contributed by atoms with van der Waals surface area (Å²) in [5.74, 6) is -3.73. The fraction of sp³-hybridized carbons (Fsp3) is 0.500. The number of esters is 1. The highest BCUT2D eigenvalue weighted by Crippen LogP contribution is 2.60. The summed E-state index contributed by atoms with van der Waals surface area (Å²) in [6, 6.07) is 15.6. The van der Waals surface area contributed by atoms with E-state index in [9.17, 15) is 14.7 Å². The van der Waals surface area contributed by atoms with Crippen molar-refractivity contribution in [3.63, 3.8) is 0 Å². The lowest BCUT2D eigenvalue weighted by atomic mass is 9.73. The molecule has 0 unspecified atom stereocenters. The summed E-state index contributed by atoms with van der Waals surface area (Å²) in [6.45, 7) is 10.0. The van der Waals surface area contributed by atoms with E-state index < -0.39 is 71.6 Å². The Bertz CT molecular complexity index is 1710. The number of carbonyl (C=O) groups excluding carboxylic acids is 4. The number of carbonyl (C=O) groups is 4. The van der Waals surface area contributed by atoms with Gasteiger partial charge in [0.2, 0.25) is 17.7 Å². The molecule has 0 radical (unpaired) electrons. The molecule has 3 amide bonds. The molecule has 4 heterocycles. The molecule has 2 aromatic carbocycles. The van der Waals surface area contributed by atoms with Gasteiger partial charge in [0, 0.05) is 23.0 Å². The van der Waals surface area contributed by atoms with Crippen molar-refractivity contribution in [2.45, 2.75) is 89.3 Å². The second-order valence-corrected chi connectivity index (χ2v) is 16.8. The third-order valence-electron chi connectivity index (χ3n) is 10.5. The summed E-state index contributed by atoms with van der Waals surface area (Å²) in [4.78, 5) is 61.1. The van der Waals surface area contributed by atoms with E-state index in [0.29, 0.717) is 22.9 Å². The first-order valence-corrected chi connectivity index (χ1v) is 18.5. The van der Waals surface area contributed by atoms with Crippen molar-refractivity contribution >= 4 is 39.6 Å². The van der Waals surface area contributed by atoms with Crippen LogP contribution in [0.2, 0.25) is 0 Å². The van der Waals surface area contributed by atoms with Crippen LogP contribution in [0.1, 0.15) is 77.1 Å². The fourth-order valence-electron chi connectivity index (χ4n) is 8.70. The van der Waals surface area contributed by atoms with Gasteiger partial charge in [-0.15, -0.1) is 0 Å². The number of hydrogen-bond donors (Lipinski definition) is 2. The molecular formula is C40H48BrN3O7. The van der Waals surface area contributed by atoms with Gasteiger partial charge >= 0.3 is 5.97 Å². The van der Waals surface area contributed by atoms with Crippen LogP contribution in [-0.2, 0) is 28.7 Å². The Balaban J connectivity index is 1.51. The van der Waals surface area contributed by atoms with Gasteiger partial charge in [-0.1, -0.05) is 110 Å². The predicted octanol–water partition coefficient (Wildman–Crippen LogP) is 5.39. The fourth-order valence-corrected chi connectivity index (χ4v) is 9.43. The molecule has 0 aliphatic carbocycles. The minimum atomic E-state index is -1.50. The Kier molecular flexibility index (Phi) is 10.4. The molecule has 272 valence electrons. The number of nitrogens with zero attached hydrogens (tertiary/aromatic N) is 2. The molecule has 4 aliphatic heterocycles. The van der Waals surface area contributed by atoms with Crippen molar-refractivity contribution in [2.75, 3.05) is 19.8 Å². The third-order valence-corrected chi connectivity index (χ3v) is 11.1. The molecule has 2 N–H and O–H groups in total. The van der Waals surface area contributed by atoms with Gasteiger partial charge in [0.1, 0.15) is 24.4 Å². The maximum absolute atomic E-state index is 15.5. The Morgan fingerprint density at radius 2 is 1.63 bits per heavy atom. The monoisotopic (exact) mass is 761 g/mol. The molecule has 7 atom stereocenters. The topological polar surface area (TPSA) is 125 Å². The van der Waals surface area contributed by atoms with Crippen LogP contribution >= 0.6 is 15.9 Å². The van der Waals surface area contributed by atoms with E-state index in [1.54, 1.807) is 11.0 Å². The Hall–Kier alpha value is -3.80. The van der Waals surface area contributed by atoms with Crippen molar-refractivity contribution in [1.29, 1.82) is 0 Å². The SMILES string of the molecule is CC(C)(C)CC(C)(C)N1C/C=C\CCC(=O)OC[C@H](c2ccccc2)NC(=O)[C@H]2[C@@H]3O[C@@]4(C=C3Br)[C@@H]2C(=O)N([C@H](CO)c2ccccc2)[C@@H]4C1=O. The zero-order chi connectivity index (χ0) is 36.7. The number of cyclic esters (lactones) is 1. The van der Waals surface area contributed by atoms with Crippen LogP contribution in [0.25, 0.3) is 0 Å². The molecule has 0 aromatic heterocycles. The van der Waals surface area contributed by atoms with E-state index in [2.05, 4.69) is 42.0 Å². The summed E-state index contributed by atoms with van der Waals surface area (Å²) in [7, 11) is 0. The number of nitrogens with one attached hydrogen (secondary N) is 1. The first kappa shape index (κ1) is 37.0. The number of hydrogen-bond acceptors (Lipinski definition) is 7. The zero-order valence-electron chi connectivity index (χ0n) is 29.9. The number of rotatable bonds is 6. The van der Waals surface area contributed by atoms with E-state index in [1.165, 1.54) is 4.90 Å². The summed E-state index contributed by atoms with van der Waals surface area (Å²) >= 11 is 3.65. The largest absolute Gasteiger partial charge is 0.463 e. The van der Waals surface area contributed by atoms with Gasteiger partial charge in [-0.3, -0.25) is 19.2 Å². The van der Waals surface area contributed by atoms with Crippen LogP contribution in [-0.4, -0.2) is 81.6 Å². The van der Waals surface area contributed by atoms with Crippen LogP contribution in [0.15, 0.2) is 83.4 Å². The molecule has 6 rings (SSSR count). The Labute approximate surface area is 308 Å². The molecular weight excluding hydrogens is 714 g/mol. The van der Waals surface area contributed by atoms with E-state index >= 15 is 9.59 Å². The number of likely N-dealkylation sites (tertiary alicyclic amines) is 1. The van der Waals surface area contributed by atoms with E-state index in [-0.39, 0.29) is 30.9 Å². The summed E-state index contributed by atoms with van der Waals surface area (Å²) in [6.07, 6.45) is 5.88. The first-order chi connectivity index (χ1) is 24.2. The molecule has 2 aromatic rings. The van der Waals surface area contributed by atoms with Gasteiger partial charge in [0.15, 0.2) is 0 Å². The van der Waals surface area contributed by atoms with Crippen LogP contribution < -0.4 is 5.32 Å². The maximum atomic E-state index is 15.5. The standard InChI is InChI=1S/C40H48BrN3O7/c1-38(2,3)24-39(4,5)43-20-14-8-13-19-30(46)50-23-28(25-15-9-6-10-16-25)42-35(47)31-32-36(48)44(29(22-45)26-17-11-7-12-18-26)34(37(43)49)40(32)21-27(41)33(31)51-40/h6-12,14-18,21,28-29,31-34,45H,13,19-20,22-24H2,1-5H3,(H,42,47)/b14-8-/t28-,29-,31-,32+,33-,34-,40+/m1/s1. The highest BCUT2D eigenvalue weighted by Gasteiger charge is 2.75. The predicted molar refractivity (Wildman–Crippen MR) is 195 cm³/mol. The Morgan fingerprint density at radius 3 is 2.27 bits per heavy atom. The first-order valence-electron chi connectivity index (χ1n) is 17.7. The number of halogens is 1. The minimum Gasteiger partial charge on any atom is -0.463 e. The molecule has 2 saturated heterocycles. The molecule has 10 nitrogen and oxygen atoms in total. The number of aliphatic hydroxyl groups excluding tert-OH is 1. The lowest BCUT2D eigenvalue weighted by Gasteiger charge is -2.46. The average molecular weight is 763 g/mol. The molecule has 1 spiro atoms. The van der Waals surface area contributed by atoms with Crippen molar-refractivity contribution in [1.82, 2.24) is 15.1 Å². The minimum absolute atomic E-state index is 0.0973. The summed E-state index contributed by atoms with van der Waals surface area (Å²) in [5.41, 5.74) is -0.945. The molecule has 0 saturated carbocycles. The van der Waals surface area contributed by atoms with Crippen LogP contribution in [0.4, 0.5) is 0 Å². The third kappa shape index (κ3) is 7.04. The molecule has 2 fully saturated rings. The van der Waals surface area contributed by atoms with Crippen molar-refractivity contribution in [2.24, 2.45) is 17.3 Å². The second-order valence-electron chi connectivity index (χ2n) is 15.8. The van der Waals surface area contributed by atoms with Gasteiger partial charge in [-0.05, 0) is 49.3 Å². The number of fused-ring (bicyclic) bond motifs is 2. The number of amides is 3. The average Bonchev–Trinajstić information content (AvgIpc) is 3.67. The Morgan fingerprint density at radius 1 is 0.961 bits per heavy atom. The van der Waals surface area contributed by atoms with Gasteiger partial charge in [-0.25, -0.2) is 0 Å². The normalized spacial score (nSPS) is 30.1. The zero-order valence-corrected chi connectivity index (χ0v) is 31.5. The summed E-state index contributed by atoms with van der Waals surface area (Å²) < 4.78 is 13.0. The van der Waals surface area contributed by atoms with E-state index in [0.717, 1.165) is 5.56 Å². The van der Waals surface area contributed by atoms with Crippen LogP contribution in [0, 0.1) is 17.3 Å². The smallest absolute Gasteiger partial charge is 0.306 e.